The molecule has 0 aliphatic carbocycles. The summed E-state index contributed by atoms with van der Waals surface area (Å²) in [4.78, 5) is 2.45. The van der Waals surface area contributed by atoms with E-state index in [2.05, 4.69) is 52.9 Å². The molecule has 0 radical (unpaired) electrons. The second-order valence-corrected chi connectivity index (χ2v) is 6.07. The number of fused-ring (bicyclic) bond motifs is 1. The summed E-state index contributed by atoms with van der Waals surface area (Å²) >= 11 is 3.51. The maximum atomic E-state index is 5.74. The van der Waals surface area contributed by atoms with Crippen molar-refractivity contribution < 1.29 is 4.74 Å². The number of benzene rings is 1. The number of alkyl halides is 1. The second kappa shape index (κ2) is 6.46. The van der Waals surface area contributed by atoms with E-state index < -0.39 is 0 Å². The molecule has 1 aliphatic rings. The van der Waals surface area contributed by atoms with E-state index in [9.17, 15) is 0 Å². The molecule has 2 nitrogen and oxygen atoms in total. The van der Waals surface area contributed by atoms with Crippen molar-refractivity contribution in [2.75, 3.05) is 29.9 Å². The molecular formula is C15H22BrNO. The smallest absolute Gasteiger partial charge is 0.142 e. The van der Waals surface area contributed by atoms with Crippen LogP contribution in [-0.4, -0.2) is 25.0 Å². The first-order valence-corrected chi connectivity index (χ1v) is 7.89. The molecule has 2 rings (SSSR count). The molecule has 0 saturated heterocycles. The van der Waals surface area contributed by atoms with Gasteiger partial charge in [0.1, 0.15) is 12.4 Å². The van der Waals surface area contributed by atoms with Crippen molar-refractivity contribution in [2.24, 2.45) is 5.92 Å². The van der Waals surface area contributed by atoms with Gasteiger partial charge < -0.3 is 9.64 Å². The Balaban J connectivity index is 2.18. The van der Waals surface area contributed by atoms with Crippen molar-refractivity contribution in [2.45, 2.75) is 26.7 Å². The van der Waals surface area contributed by atoms with E-state index in [1.807, 2.05) is 0 Å². The highest BCUT2D eigenvalue weighted by atomic mass is 79.9. The minimum absolute atomic E-state index is 0.698. The van der Waals surface area contributed by atoms with Crippen LogP contribution in [0.5, 0.6) is 5.75 Å². The van der Waals surface area contributed by atoms with Crippen LogP contribution in [0.1, 0.15) is 25.8 Å². The summed E-state index contributed by atoms with van der Waals surface area (Å²) in [6.45, 7) is 7.44. The van der Waals surface area contributed by atoms with Crippen molar-refractivity contribution in [3.05, 3.63) is 23.8 Å². The summed E-state index contributed by atoms with van der Waals surface area (Å²) in [5, 5.41) is 1.06. The topological polar surface area (TPSA) is 12.5 Å². The van der Waals surface area contributed by atoms with Gasteiger partial charge in [-0.2, -0.15) is 0 Å². The fourth-order valence-electron chi connectivity index (χ4n) is 2.40. The Hall–Kier alpha value is -0.700. The van der Waals surface area contributed by atoms with Crippen LogP contribution in [-0.2, 0) is 6.42 Å². The van der Waals surface area contributed by atoms with E-state index in [1.54, 1.807) is 0 Å². The molecule has 1 heterocycles. The predicted molar refractivity (Wildman–Crippen MR) is 81.1 cm³/mol. The molecule has 1 aromatic carbocycles. The van der Waals surface area contributed by atoms with Crippen molar-refractivity contribution in [1.82, 2.24) is 0 Å². The number of ether oxygens (including phenoxy) is 1. The Kier molecular flexibility index (Phi) is 4.93. The normalized spacial score (nSPS) is 14.6. The zero-order valence-corrected chi connectivity index (χ0v) is 12.9. The van der Waals surface area contributed by atoms with Crippen LogP contribution in [0.25, 0.3) is 0 Å². The molecule has 0 atom stereocenters. The first-order chi connectivity index (χ1) is 8.70. The number of rotatable bonds is 5. The van der Waals surface area contributed by atoms with E-state index in [-0.39, 0.29) is 0 Å². The number of anilines is 1. The van der Waals surface area contributed by atoms with Gasteiger partial charge in [0.15, 0.2) is 0 Å². The molecule has 100 valence electrons. The second-order valence-electron chi connectivity index (χ2n) is 5.28. The Morgan fingerprint density at radius 3 is 2.94 bits per heavy atom. The van der Waals surface area contributed by atoms with Crippen LogP contribution in [0.4, 0.5) is 5.69 Å². The molecule has 1 aliphatic heterocycles. The molecule has 3 heteroatoms. The summed E-state index contributed by atoms with van der Waals surface area (Å²) in [7, 11) is 0. The van der Waals surface area contributed by atoms with Crippen LogP contribution in [0, 0.1) is 5.92 Å². The molecule has 0 fully saturated rings. The van der Waals surface area contributed by atoms with Crippen LogP contribution in [0.2, 0.25) is 0 Å². The third kappa shape index (κ3) is 3.41. The Morgan fingerprint density at radius 2 is 2.22 bits per heavy atom. The first kappa shape index (κ1) is 13.7. The van der Waals surface area contributed by atoms with Gasteiger partial charge in [0, 0.05) is 11.9 Å². The minimum Gasteiger partial charge on any atom is -0.490 e. The monoisotopic (exact) mass is 311 g/mol. The highest BCUT2D eigenvalue weighted by Crippen LogP contribution is 2.33. The van der Waals surface area contributed by atoms with Gasteiger partial charge in [-0.1, -0.05) is 35.8 Å². The van der Waals surface area contributed by atoms with Crippen LogP contribution < -0.4 is 9.64 Å². The molecule has 0 N–H and O–H groups in total. The summed E-state index contributed by atoms with van der Waals surface area (Å²) < 4.78 is 5.74. The molecule has 0 aromatic heterocycles. The number of nitrogens with zero attached hydrogens (tertiary/aromatic N) is 1. The summed E-state index contributed by atoms with van der Waals surface area (Å²) in [6, 6.07) is 6.64. The number of hydrogen-bond acceptors (Lipinski definition) is 2. The van der Waals surface area contributed by atoms with E-state index in [0.717, 1.165) is 37.2 Å². The molecule has 0 amide bonds. The molecule has 1 aromatic rings. The standard InChI is InChI=1S/C15H22BrNO/c1-12(2)10-13-4-5-15-14(11-13)17(7-3-6-16)8-9-18-15/h4-5,11-12H,3,6-10H2,1-2H3. The Bertz CT molecular complexity index is 392. The van der Waals surface area contributed by atoms with Gasteiger partial charge in [-0.25, -0.2) is 0 Å². The lowest BCUT2D eigenvalue weighted by molar-refractivity contribution is 0.307. The quantitative estimate of drug-likeness (QED) is 0.765. The maximum Gasteiger partial charge on any atom is 0.142 e. The van der Waals surface area contributed by atoms with E-state index in [0.29, 0.717) is 5.92 Å². The maximum absolute atomic E-state index is 5.74. The average Bonchev–Trinajstić information content (AvgIpc) is 2.35. The Morgan fingerprint density at radius 1 is 1.39 bits per heavy atom. The van der Waals surface area contributed by atoms with Gasteiger partial charge in [0.05, 0.1) is 12.2 Å². The van der Waals surface area contributed by atoms with Crippen molar-refractivity contribution >= 4 is 21.6 Å². The van der Waals surface area contributed by atoms with E-state index in [1.165, 1.54) is 17.7 Å². The highest BCUT2D eigenvalue weighted by Gasteiger charge is 2.18. The van der Waals surface area contributed by atoms with Gasteiger partial charge >= 0.3 is 0 Å². The van der Waals surface area contributed by atoms with Crippen molar-refractivity contribution in [3.63, 3.8) is 0 Å². The number of halogens is 1. The molecule has 0 bridgehead atoms. The largest absolute Gasteiger partial charge is 0.490 e. The van der Waals surface area contributed by atoms with Gasteiger partial charge in [0.25, 0.3) is 0 Å². The van der Waals surface area contributed by atoms with Crippen LogP contribution >= 0.6 is 15.9 Å². The minimum atomic E-state index is 0.698. The fraction of sp³-hybridized carbons (Fsp3) is 0.600. The lowest BCUT2D eigenvalue weighted by Crippen LogP contribution is -2.33. The van der Waals surface area contributed by atoms with Crippen molar-refractivity contribution in [3.8, 4) is 5.75 Å². The average molecular weight is 312 g/mol. The summed E-state index contributed by atoms with van der Waals surface area (Å²) in [6.07, 6.45) is 2.31. The van der Waals surface area contributed by atoms with Crippen LogP contribution in [0.3, 0.4) is 0 Å². The summed E-state index contributed by atoms with van der Waals surface area (Å²) in [5.74, 6) is 1.74. The van der Waals surface area contributed by atoms with Gasteiger partial charge in [-0.3, -0.25) is 0 Å². The fourth-order valence-corrected chi connectivity index (χ4v) is 2.65. The van der Waals surface area contributed by atoms with E-state index in [4.69, 9.17) is 4.74 Å². The van der Waals surface area contributed by atoms with Gasteiger partial charge in [-0.15, -0.1) is 0 Å². The lowest BCUT2D eigenvalue weighted by Gasteiger charge is -2.31. The van der Waals surface area contributed by atoms with Gasteiger partial charge in [-0.05, 0) is 36.5 Å². The molecule has 0 unspecified atom stereocenters. The predicted octanol–water partition coefficient (Wildman–Crippen LogP) is 3.87. The highest BCUT2D eigenvalue weighted by molar-refractivity contribution is 9.09. The third-order valence-electron chi connectivity index (χ3n) is 3.19. The van der Waals surface area contributed by atoms with Gasteiger partial charge in [0.2, 0.25) is 0 Å². The lowest BCUT2D eigenvalue weighted by atomic mass is 10.0. The molecule has 0 saturated carbocycles. The molecule has 18 heavy (non-hydrogen) atoms. The number of hydrogen-bond donors (Lipinski definition) is 0. The molecular weight excluding hydrogens is 290 g/mol. The van der Waals surface area contributed by atoms with E-state index >= 15 is 0 Å². The zero-order valence-electron chi connectivity index (χ0n) is 11.3. The van der Waals surface area contributed by atoms with Crippen molar-refractivity contribution in [1.29, 1.82) is 0 Å². The Labute approximate surface area is 118 Å². The van der Waals surface area contributed by atoms with Crippen LogP contribution in [0.15, 0.2) is 18.2 Å². The SMILES string of the molecule is CC(C)Cc1ccc2c(c1)N(CCCBr)CCO2. The molecule has 0 spiro atoms. The first-order valence-electron chi connectivity index (χ1n) is 6.77. The zero-order chi connectivity index (χ0) is 13.0. The summed E-state index contributed by atoms with van der Waals surface area (Å²) in [5.41, 5.74) is 2.69. The third-order valence-corrected chi connectivity index (χ3v) is 3.75.